The monoisotopic (exact) mass is 449 g/mol. The number of nitrogens with one attached hydrogen (secondary N) is 1. The summed E-state index contributed by atoms with van der Waals surface area (Å²) in [6.07, 6.45) is 0.602. The Hall–Kier alpha value is -3.65. The zero-order valence-electron chi connectivity index (χ0n) is 18.7. The second kappa shape index (κ2) is 10.3. The first-order valence-electron chi connectivity index (χ1n) is 10.9. The topological polar surface area (TPSA) is 93.9 Å². The molecular formula is C25H27N3O5. The summed E-state index contributed by atoms with van der Waals surface area (Å²) in [5, 5.41) is 3.12. The van der Waals surface area contributed by atoms with E-state index in [4.69, 9.17) is 13.9 Å². The number of aromatic nitrogens is 1. The van der Waals surface area contributed by atoms with Crippen molar-refractivity contribution in [2.75, 3.05) is 33.4 Å². The highest BCUT2D eigenvalue weighted by Gasteiger charge is 2.33. The van der Waals surface area contributed by atoms with E-state index in [2.05, 4.69) is 10.3 Å². The van der Waals surface area contributed by atoms with Gasteiger partial charge in [0.25, 0.3) is 5.91 Å². The minimum atomic E-state index is -0.626. The van der Waals surface area contributed by atoms with Gasteiger partial charge in [0.15, 0.2) is 0 Å². The van der Waals surface area contributed by atoms with Crippen LogP contribution in [0.15, 0.2) is 59.0 Å². The highest BCUT2D eigenvalue weighted by atomic mass is 16.5. The Morgan fingerprint density at radius 2 is 1.91 bits per heavy atom. The van der Waals surface area contributed by atoms with Gasteiger partial charge in [0.05, 0.1) is 19.4 Å². The first-order chi connectivity index (χ1) is 16.1. The van der Waals surface area contributed by atoms with Gasteiger partial charge in [0.2, 0.25) is 5.89 Å². The molecule has 1 fully saturated rings. The van der Waals surface area contributed by atoms with Crippen LogP contribution >= 0.6 is 0 Å². The first kappa shape index (κ1) is 22.5. The van der Waals surface area contributed by atoms with Gasteiger partial charge < -0.3 is 24.1 Å². The number of piperazine rings is 1. The molecule has 0 bridgehead atoms. The maximum Gasteiger partial charge on any atom is 0.329 e. The quantitative estimate of drug-likeness (QED) is 0.555. The van der Waals surface area contributed by atoms with E-state index in [1.165, 1.54) is 7.11 Å². The number of aryl methyl sites for hydroxylation is 1. The number of methoxy groups -OCH3 is 1. The van der Waals surface area contributed by atoms with Gasteiger partial charge in [-0.05, 0) is 43.3 Å². The van der Waals surface area contributed by atoms with E-state index in [1.807, 2.05) is 37.3 Å². The third-order valence-electron chi connectivity index (χ3n) is 5.60. The van der Waals surface area contributed by atoms with Crippen molar-refractivity contribution in [1.29, 1.82) is 0 Å². The summed E-state index contributed by atoms with van der Waals surface area (Å²) in [6, 6.07) is 16.1. The van der Waals surface area contributed by atoms with Gasteiger partial charge in [-0.3, -0.25) is 4.79 Å². The molecule has 2 aromatic carbocycles. The van der Waals surface area contributed by atoms with Crippen LogP contribution in [0.4, 0.5) is 0 Å². The molecule has 1 saturated heterocycles. The Kier molecular flexibility index (Phi) is 7.04. The molecule has 8 nitrogen and oxygen atoms in total. The van der Waals surface area contributed by atoms with Crippen LogP contribution in [0.2, 0.25) is 0 Å². The van der Waals surface area contributed by atoms with Crippen molar-refractivity contribution in [3.8, 4) is 17.2 Å². The van der Waals surface area contributed by atoms with Crippen LogP contribution < -0.4 is 10.1 Å². The van der Waals surface area contributed by atoms with Crippen molar-refractivity contribution in [2.45, 2.75) is 19.4 Å². The highest BCUT2D eigenvalue weighted by molar-refractivity contribution is 5.97. The molecule has 8 heteroatoms. The molecule has 172 valence electrons. The van der Waals surface area contributed by atoms with E-state index in [1.54, 1.807) is 29.2 Å². The number of benzene rings is 2. The molecule has 3 aromatic rings. The van der Waals surface area contributed by atoms with Gasteiger partial charge in [-0.25, -0.2) is 9.78 Å². The summed E-state index contributed by atoms with van der Waals surface area (Å²) in [5.41, 5.74) is 2.29. The van der Waals surface area contributed by atoms with Crippen molar-refractivity contribution in [3.05, 3.63) is 71.6 Å². The number of carbonyl (C=O) groups excluding carboxylic acids is 2. The smallest absolute Gasteiger partial charge is 0.329 e. The Balaban J connectivity index is 1.34. The lowest BCUT2D eigenvalue weighted by atomic mass is 10.1. The van der Waals surface area contributed by atoms with E-state index >= 15 is 0 Å². The van der Waals surface area contributed by atoms with Gasteiger partial charge in [0.1, 0.15) is 17.6 Å². The number of hydrogen-bond acceptors (Lipinski definition) is 7. The predicted octanol–water partition coefficient (Wildman–Crippen LogP) is 2.86. The van der Waals surface area contributed by atoms with Crippen LogP contribution in [-0.4, -0.2) is 61.2 Å². The lowest BCUT2D eigenvalue weighted by Gasteiger charge is -2.34. The summed E-state index contributed by atoms with van der Waals surface area (Å²) >= 11 is 0. The minimum absolute atomic E-state index is 0.204. The first-order valence-corrected chi connectivity index (χ1v) is 10.9. The fourth-order valence-corrected chi connectivity index (χ4v) is 3.78. The molecule has 0 saturated carbocycles. The van der Waals surface area contributed by atoms with Gasteiger partial charge in [-0.15, -0.1) is 0 Å². The second-order valence-electron chi connectivity index (χ2n) is 7.75. The number of hydrogen-bond donors (Lipinski definition) is 1. The Labute approximate surface area is 192 Å². The molecule has 0 spiro atoms. The molecule has 1 atom stereocenters. The average Bonchev–Trinajstić information content (AvgIpc) is 3.24. The SMILES string of the molecule is COC(=O)C1CNCCN1C(=O)c1ccc(OCCc2nc(-c3ccccc3)oc2C)cc1. The Morgan fingerprint density at radius 3 is 2.64 bits per heavy atom. The lowest BCUT2D eigenvalue weighted by molar-refractivity contribution is -0.146. The lowest BCUT2D eigenvalue weighted by Crippen LogP contribution is -2.57. The van der Waals surface area contributed by atoms with Gasteiger partial charge in [0, 0.05) is 37.2 Å². The number of carbonyl (C=O) groups is 2. The second-order valence-corrected chi connectivity index (χ2v) is 7.75. The van der Waals surface area contributed by atoms with Gasteiger partial charge >= 0.3 is 5.97 Å². The van der Waals surface area contributed by atoms with E-state index in [0.29, 0.717) is 49.9 Å². The molecular weight excluding hydrogens is 422 g/mol. The minimum Gasteiger partial charge on any atom is -0.493 e. The summed E-state index contributed by atoms with van der Waals surface area (Å²) in [7, 11) is 1.33. The summed E-state index contributed by atoms with van der Waals surface area (Å²) in [5.74, 6) is 1.40. The van der Waals surface area contributed by atoms with Crippen molar-refractivity contribution in [2.24, 2.45) is 0 Å². The average molecular weight is 450 g/mol. The fraction of sp³-hybridized carbons (Fsp3) is 0.320. The maximum atomic E-state index is 12.9. The van der Waals surface area contributed by atoms with Gasteiger partial charge in [-0.1, -0.05) is 18.2 Å². The third kappa shape index (κ3) is 5.23. The molecule has 2 heterocycles. The molecule has 33 heavy (non-hydrogen) atoms. The number of rotatable bonds is 7. The Bertz CT molecular complexity index is 1090. The molecule has 1 aliphatic heterocycles. The number of ether oxygens (including phenoxy) is 2. The molecule has 1 aromatic heterocycles. The molecule has 1 aliphatic rings. The molecule has 1 unspecified atom stereocenters. The van der Waals surface area contributed by atoms with Crippen molar-refractivity contribution in [3.63, 3.8) is 0 Å². The molecule has 1 amide bonds. The van der Waals surface area contributed by atoms with E-state index in [-0.39, 0.29) is 5.91 Å². The Morgan fingerprint density at radius 1 is 1.15 bits per heavy atom. The zero-order chi connectivity index (χ0) is 23.2. The number of nitrogens with zero attached hydrogens (tertiary/aromatic N) is 2. The van der Waals surface area contributed by atoms with E-state index < -0.39 is 12.0 Å². The maximum absolute atomic E-state index is 12.9. The van der Waals surface area contributed by atoms with Crippen LogP contribution in [0, 0.1) is 6.92 Å². The predicted molar refractivity (Wildman–Crippen MR) is 122 cm³/mol. The largest absolute Gasteiger partial charge is 0.493 e. The van der Waals surface area contributed by atoms with E-state index in [9.17, 15) is 9.59 Å². The summed E-state index contributed by atoms with van der Waals surface area (Å²) < 4.78 is 16.5. The molecule has 1 N–H and O–H groups in total. The van der Waals surface area contributed by atoms with Crippen molar-refractivity contribution in [1.82, 2.24) is 15.2 Å². The van der Waals surface area contributed by atoms with Crippen LogP contribution in [0.3, 0.4) is 0 Å². The fourth-order valence-electron chi connectivity index (χ4n) is 3.78. The van der Waals surface area contributed by atoms with Crippen molar-refractivity contribution < 1.29 is 23.5 Å². The number of amides is 1. The van der Waals surface area contributed by atoms with Crippen LogP contribution in [0.5, 0.6) is 5.75 Å². The normalized spacial score (nSPS) is 15.8. The van der Waals surface area contributed by atoms with Gasteiger partial charge in [-0.2, -0.15) is 0 Å². The third-order valence-corrected chi connectivity index (χ3v) is 5.60. The van der Waals surface area contributed by atoms with Crippen molar-refractivity contribution >= 4 is 11.9 Å². The van der Waals surface area contributed by atoms with Crippen LogP contribution in [0.25, 0.3) is 11.5 Å². The summed E-state index contributed by atoms with van der Waals surface area (Å²) in [6.45, 7) is 3.78. The van der Waals surface area contributed by atoms with E-state index in [0.717, 1.165) is 17.0 Å². The number of esters is 1. The molecule has 4 rings (SSSR count). The van der Waals surface area contributed by atoms with Crippen LogP contribution in [0.1, 0.15) is 21.8 Å². The molecule has 0 radical (unpaired) electrons. The highest BCUT2D eigenvalue weighted by Crippen LogP contribution is 2.22. The standard InChI is InChI=1S/C25H27N3O5/c1-17-21(27-23(33-17)18-6-4-3-5-7-18)12-15-32-20-10-8-19(9-11-20)24(29)28-14-13-26-16-22(28)25(30)31-2/h3-11,22,26H,12-16H2,1-2H3. The molecule has 0 aliphatic carbocycles. The van der Waals surface area contributed by atoms with Crippen LogP contribution in [-0.2, 0) is 16.0 Å². The zero-order valence-corrected chi connectivity index (χ0v) is 18.7. The summed E-state index contributed by atoms with van der Waals surface area (Å²) in [4.78, 5) is 31.1. The number of oxazole rings is 1.